The number of nitrogens with zero attached hydrogens (tertiary/aromatic N) is 1. The maximum Gasteiger partial charge on any atom is 0.278 e. The number of amides is 1. The third-order valence-electron chi connectivity index (χ3n) is 4.65. The SMILES string of the molecule is COc1ccc(N(C(=O)COc2cc(C)cc(C)c2)S(=O)(=O)c2ccc(C)cc2)cc1. The summed E-state index contributed by atoms with van der Waals surface area (Å²) in [5.74, 6) is 0.355. The minimum absolute atomic E-state index is 0.0219. The molecule has 0 aromatic heterocycles. The van der Waals surface area contributed by atoms with Crippen LogP contribution in [-0.4, -0.2) is 28.0 Å². The van der Waals surface area contributed by atoms with Gasteiger partial charge in [-0.2, -0.15) is 4.31 Å². The Morgan fingerprint density at radius 2 is 1.39 bits per heavy atom. The lowest BCUT2D eigenvalue weighted by molar-refractivity contribution is -0.119. The molecule has 0 atom stereocenters. The van der Waals surface area contributed by atoms with Crippen molar-refractivity contribution in [2.45, 2.75) is 25.7 Å². The van der Waals surface area contributed by atoms with Crippen LogP contribution in [0.5, 0.6) is 11.5 Å². The van der Waals surface area contributed by atoms with Crippen molar-refractivity contribution in [1.29, 1.82) is 0 Å². The third kappa shape index (κ3) is 5.24. The number of carbonyl (C=O) groups is 1. The number of anilines is 1. The zero-order chi connectivity index (χ0) is 22.6. The number of carbonyl (C=O) groups excluding carboxylic acids is 1. The van der Waals surface area contributed by atoms with Crippen LogP contribution in [0.3, 0.4) is 0 Å². The lowest BCUT2D eigenvalue weighted by atomic mass is 10.1. The number of ether oxygens (including phenoxy) is 2. The first-order chi connectivity index (χ1) is 14.7. The predicted molar refractivity (Wildman–Crippen MR) is 120 cm³/mol. The number of sulfonamides is 1. The van der Waals surface area contributed by atoms with Gasteiger partial charge in [0.1, 0.15) is 11.5 Å². The summed E-state index contributed by atoms with van der Waals surface area (Å²) in [6.45, 7) is 5.28. The van der Waals surface area contributed by atoms with E-state index in [2.05, 4.69) is 0 Å². The van der Waals surface area contributed by atoms with Crippen LogP contribution >= 0.6 is 0 Å². The highest BCUT2D eigenvalue weighted by molar-refractivity contribution is 7.93. The van der Waals surface area contributed by atoms with Gasteiger partial charge >= 0.3 is 0 Å². The van der Waals surface area contributed by atoms with Crippen LogP contribution in [0, 0.1) is 20.8 Å². The Morgan fingerprint density at radius 3 is 1.94 bits per heavy atom. The molecule has 0 spiro atoms. The number of methoxy groups -OCH3 is 1. The van der Waals surface area contributed by atoms with E-state index in [1.807, 2.05) is 26.8 Å². The molecular weight excluding hydrogens is 414 g/mol. The Balaban J connectivity index is 1.96. The molecular formula is C24H25NO5S. The topological polar surface area (TPSA) is 72.9 Å². The predicted octanol–water partition coefficient (Wildman–Crippen LogP) is 4.42. The fourth-order valence-electron chi connectivity index (χ4n) is 3.17. The molecule has 0 heterocycles. The smallest absolute Gasteiger partial charge is 0.278 e. The molecule has 0 bridgehead atoms. The minimum Gasteiger partial charge on any atom is -0.497 e. The molecule has 6 nitrogen and oxygen atoms in total. The molecule has 0 saturated heterocycles. The number of benzene rings is 3. The molecule has 0 unspecified atom stereocenters. The van der Waals surface area contributed by atoms with Crippen LogP contribution in [0.25, 0.3) is 0 Å². The van der Waals surface area contributed by atoms with Crippen molar-refractivity contribution in [2.75, 3.05) is 18.0 Å². The van der Waals surface area contributed by atoms with Gasteiger partial charge in [0.2, 0.25) is 0 Å². The van der Waals surface area contributed by atoms with Crippen LogP contribution < -0.4 is 13.8 Å². The monoisotopic (exact) mass is 439 g/mol. The van der Waals surface area contributed by atoms with Crippen LogP contribution in [0.1, 0.15) is 16.7 Å². The number of rotatable bonds is 7. The molecule has 7 heteroatoms. The zero-order valence-electron chi connectivity index (χ0n) is 18.0. The summed E-state index contributed by atoms with van der Waals surface area (Å²) >= 11 is 0. The number of hydrogen-bond donors (Lipinski definition) is 0. The second-order valence-corrected chi connectivity index (χ2v) is 9.07. The Labute approximate surface area is 183 Å². The lowest BCUT2D eigenvalue weighted by Gasteiger charge is -2.23. The Morgan fingerprint density at radius 1 is 0.806 bits per heavy atom. The van der Waals surface area contributed by atoms with Crippen LogP contribution in [0.15, 0.2) is 71.6 Å². The maximum absolute atomic E-state index is 13.4. The Kier molecular flexibility index (Phi) is 6.65. The first-order valence-electron chi connectivity index (χ1n) is 9.70. The summed E-state index contributed by atoms with van der Waals surface area (Å²) in [6.07, 6.45) is 0. The van der Waals surface area contributed by atoms with Gasteiger partial charge in [0.15, 0.2) is 6.61 Å². The first-order valence-corrected chi connectivity index (χ1v) is 11.1. The van der Waals surface area contributed by atoms with Crippen molar-refractivity contribution in [3.8, 4) is 11.5 Å². The van der Waals surface area contributed by atoms with Crippen molar-refractivity contribution in [3.63, 3.8) is 0 Å². The Bertz CT molecular complexity index is 1150. The molecule has 0 saturated carbocycles. The van der Waals surface area contributed by atoms with Gasteiger partial charge in [-0.1, -0.05) is 23.8 Å². The molecule has 1 amide bonds. The summed E-state index contributed by atoms with van der Waals surface area (Å²) in [4.78, 5) is 13.1. The van der Waals surface area contributed by atoms with Crippen molar-refractivity contribution in [1.82, 2.24) is 0 Å². The fraction of sp³-hybridized carbons (Fsp3) is 0.208. The van der Waals surface area contributed by atoms with Crippen molar-refractivity contribution < 1.29 is 22.7 Å². The lowest BCUT2D eigenvalue weighted by Crippen LogP contribution is -2.40. The summed E-state index contributed by atoms with van der Waals surface area (Å²) in [6, 6.07) is 18.2. The van der Waals surface area contributed by atoms with E-state index in [4.69, 9.17) is 9.47 Å². The fourth-order valence-corrected chi connectivity index (χ4v) is 4.58. The highest BCUT2D eigenvalue weighted by Crippen LogP contribution is 2.27. The molecule has 3 rings (SSSR count). The second-order valence-electron chi connectivity index (χ2n) is 7.29. The molecule has 0 aliphatic carbocycles. The molecule has 0 radical (unpaired) electrons. The van der Waals surface area contributed by atoms with E-state index >= 15 is 0 Å². The molecule has 162 valence electrons. The van der Waals surface area contributed by atoms with Gasteiger partial charge in [-0.15, -0.1) is 0 Å². The normalized spacial score (nSPS) is 11.1. The van der Waals surface area contributed by atoms with Gasteiger partial charge in [0.25, 0.3) is 15.9 Å². The summed E-state index contributed by atoms with van der Waals surface area (Å²) < 4.78 is 38.3. The van der Waals surface area contributed by atoms with E-state index in [-0.39, 0.29) is 10.6 Å². The maximum atomic E-state index is 13.4. The minimum atomic E-state index is -4.15. The zero-order valence-corrected chi connectivity index (χ0v) is 18.8. The number of aryl methyl sites for hydroxylation is 3. The molecule has 0 aliphatic rings. The van der Waals surface area contributed by atoms with E-state index in [1.165, 1.54) is 31.4 Å². The molecule has 0 aliphatic heterocycles. The molecule has 31 heavy (non-hydrogen) atoms. The van der Waals surface area contributed by atoms with Gasteiger partial charge in [0, 0.05) is 0 Å². The van der Waals surface area contributed by atoms with Gasteiger partial charge in [-0.05, 0) is 80.4 Å². The van der Waals surface area contributed by atoms with Crippen molar-refractivity contribution >= 4 is 21.6 Å². The van der Waals surface area contributed by atoms with Crippen LogP contribution in [0.2, 0.25) is 0 Å². The van der Waals surface area contributed by atoms with E-state index in [9.17, 15) is 13.2 Å². The average molecular weight is 440 g/mol. The van der Waals surface area contributed by atoms with Crippen molar-refractivity contribution in [3.05, 3.63) is 83.4 Å². The highest BCUT2D eigenvalue weighted by atomic mass is 32.2. The van der Waals surface area contributed by atoms with E-state index in [1.54, 1.807) is 36.4 Å². The largest absolute Gasteiger partial charge is 0.497 e. The highest BCUT2D eigenvalue weighted by Gasteiger charge is 2.31. The van der Waals surface area contributed by atoms with Gasteiger partial charge < -0.3 is 9.47 Å². The molecule has 0 fully saturated rings. The van der Waals surface area contributed by atoms with Crippen molar-refractivity contribution in [2.24, 2.45) is 0 Å². The Hall–Kier alpha value is -3.32. The quantitative estimate of drug-likeness (QED) is 0.545. The molecule has 0 N–H and O–H groups in total. The summed E-state index contributed by atoms with van der Waals surface area (Å²) in [5.41, 5.74) is 3.10. The van der Waals surface area contributed by atoms with Gasteiger partial charge in [-0.3, -0.25) is 4.79 Å². The van der Waals surface area contributed by atoms with Crippen LogP contribution in [0.4, 0.5) is 5.69 Å². The molecule has 3 aromatic carbocycles. The third-order valence-corrected chi connectivity index (χ3v) is 6.41. The van der Waals surface area contributed by atoms with E-state index in [0.717, 1.165) is 21.0 Å². The first kappa shape index (κ1) is 22.4. The van der Waals surface area contributed by atoms with Gasteiger partial charge in [0.05, 0.1) is 17.7 Å². The van der Waals surface area contributed by atoms with Gasteiger partial charge in [-0.25, -0.2) is 8.42 Å². The number of hydrogen-bond acceptors (Lipinski definition) is 5. The molecule has 3 aromatic rings. The summed E-state index contributed by atoms with van der Waals surface area (Å²) in [5, 5.41) is 0. The summed E-state index contributed by atoms with van der Waals surface area (Å²) in [7, 11) is -2.63. The second kappa shape index (κ2) is 9.22. The average Bonchev–Trinajstić information content (AvgIpc) is 2.72. The van der Waals surface area contributed by atoms with Crippen LogP contribution in [-0.2, 0) is 14.8 Å². The van der Waals surface area contributed by atoms with E-state index < -0.39 is 22.5 Å². The standard InChI is InChI=1S/C24H25NO5S/c1-17-5-11-23(12-6-17)31(27,28)25(20-7-9-21(29-4)10-8-20)24(26)16-30-22-14-18(2)13-19(3)15-22/h5-15H,16H2,1-4H3. The van der Waals surface area contributed by atoms with E-state index in [0.29, 0.717) is 11.5 Å².